The Labute approximate surface area is 173 Å². The molecule has 1 aliphatic rings. The van der Waals surface area contributed by atoms with Gasteiger partial charge in [-0.05, 0) is 35.4 Å². The van der Waals surface area contributed by atoms with Crippen molar-refractivity contribution in [3.8, 4) is 5.75 Å². The molecule has 3 aromatic carbocycles. The van der Waals surface area contributed by atoms with Crippen molar-refractivity contribution in [2.45, 2.75) is 6.54 Å². The SMILES string of the molecule is COc1cccc(NC2=C(c3ccccc3)C(=O)N(Cc3ccc(F)cc3)C2=O)c1. The Hall–Kier alpha value is -3.93. The van der Waals surface area contributed by atoms with Crippen molar-refractivity contribution >= 4 is 23.1 Å². The molecular formula is C24H19FN2O3. The van der Waals surface area contributed by atoms with Gasteiger partial charge in [0.05, 0.1) is 19.2 Å². The van der Waals surface area contributed by atoms with Crippen molar-refractivity contribution in [3.05, 3.63) is 102 Å². The third kappa shape index (κ3) is 3.80. The number of hydrogen-bond donors (Lipinski definition) is 1. The summed E-state index contributed by atoms with van der Waals surface area (Å²) < 4.78 is 18.5. The minimum Gasteiger partial charge on any atom is -0.497 e. The van der Waals surface area contributed by atoms with Crippen molar-refractivity contribution in [2.24, 2.45) is 0 Å². The van der Waals surface area contributed by atoms with E-state index in [1.165, 1.54) is 12.1 Å². The Bertz CT molecular complexity index is 1120. The first-order valence-electron chi connectivity index (χ1n) is 9.38. The Morgan fingerprint density at radius 3 is 2.33 bits per heavy atom. The average Bonchev–Trinajstić information content (AvgIpc) is 3.00. The van der Waals surface area contributed by atoms with Gasteiger partial charge in [0.2, 0.25) is 0 Å². The number of amides is 2. The molecule has 30 heavy (non-hydrogen) atoms. The van der Waals surface area contributed by atoms with Crippen LogP contribution in [0.1, 0.15) is 11.1 Å². The van der Waals surface area contributed by atoms with Crippen LogP contribution >= 0.6 is 0 Å². The van der Waals surface area contributed by atoms with Gasteiger partial charge in [0.25, 0.3) is 11.8 Å². The second-order valence-electron chi connectivity index (χ2n) is 6.80. The van der Waals surface area contributed by atoms with Gasteiger partial charge in [0, 0.05) is 11.8 Å². The van der Waals surface area contributed by atoms with Gasteiger partial charge in [-0.1, -0.05) is 48.5 Å². The predicted octanol–water partition coefficient (Wildman–Crippen LogP) is 4.23. The van der Waals surface area contributed by atoms with Crippen molar-refractivity contribution in [2.75, 3.05) is 12.4 Å². The topological polar surface area (TPSA) is 58.6 Å². The maximum atomic E-state index is 13.2. The van der Waals surface area contributed by atoms with E-state index in [-0.39, 0.29) is 18.1 Å². The number of nitrogens with one attached hydrogen (secondary N) is 1. The molecule has 0 fully saturated rings. The van der Waals surface area contributed by atoms with Crippen LogP contribution in [0.15, 0.2) is 84.6 Å². The van der Waals surface area contributed by atoms with Crippen LogP contribution in [0.4, 0.5) is 10.1 Å². The number of rotatable bonds is 6. The molecule has 0 bridgehead atoms. The molecule has 1 aliphatic heterocycles. The number of carbonyl (C=O) groups excluding carboxylic acids is 2. The number of nitrogens with zero attached hydrogens (tertiary/aromatic N) is 1. The molecular weight excluding hydrogens is 383 g/mol. The summed E-state index contributed by atoms with van der Waals surface area (Å²) in [7, 11) is 1.56. The molecule has 1 heterocycles. The van der Waals surface area contributed by atoms with E-state index in [0.717, 1.165) is 4.90 Å². The molecule has 4 rings (SSSR count). The van der Waals surface area contributed by atoms with E-state index < -0.39 is 11.8 Å². The summed E-state index contributed by atoms with van der Waals surface area (Å²) in [5.41, 5.74) is 2.42. The summed E-state index contributed by atoms with van der Waals surface area (Å²) in [5, 5.41) is 3.10. The van der Waals surface area contributed by atoms with Crippen LogP contribution in [0.5, 0.6) is 5.75 Å². The minimum atomic E-state index is -0.439. The molecule has 0 saturated carbocycles. The quantitative estimate of drug-likeness (QED) is 0.627. The summed E-state index contributed by atoms with van der Waals surface area (Å²) in [6.45, 7) is 0.0531. The number of anilines is 1. The van der Waals surface area contributed by atoms with E-state index in [9.17, 15) is 14.0 Å². The molecule has 2 amide bonds. The molecule has 0 unspecified atom stereocenters. The van der Waals surface area contributed by atoms with E-state index in [1.54, 1.807) is 55.6 Å². The number of halogens is 1. The fourth-order valence-electron chi connectivity index (χ4n) is 3.33. The molecule has 0 aromatic heterocycles. The molecule has 0 radical (unpaired) electrons. The fraction of sp³-hybridized carbons (Fsp3) is 0.0833. The van der Waals surface area contributed by atoms with Crippen molar-refractivity contribution in [3.63, 3.8) is 0 Å². The Morgan fingerprint density at radius 1 is 0.900 bits per heavy atom. The van der Waals surface area contributed by atoms with E-state index in [2.05, 4.69) is 5.32 Å². The van der Waals surface area contributed by atoms with Gasteiger partial charge in [-0.25, -0.2) is 4.39 Å². The lowest BCUT2D eigenvalue weighted by Crippen LogP contribution is -2.32. The van der Waals surface area contributed by atoms with Crippen LogP contribution in [-0.4, -0.2) is 23.8 Å². The molecule has 0 saturated heterocycles. The first-order valence-corrected chi connectivity index (χ1v) is 9.38. The Balaban J connectivity index is 1.72. The number of ether oxygens (including phenoxy) is 1. The molecule has 3 aromatic rings. The third-order valence-electron chi connectivity index (χ3n) is 4.82. The van der Waals surface area contributed by atoms with Crippen LogP contribution in [0, 0.1) is 5.82 Å². The Morgan fingerprint density at radius 2 is 1.63 bits per heavy atom. The zero-order chi connectivity index (χ0) is 21.1. The van der Waals surface area contributed by atoms with Gasteiger partial charge in [-0.2, -0.15) is 0 Å². The summed E-state index contributed by atoms with van der Waals surface area (Å²) in [6.07, 6.45) is 0. The average molecular weight is 402 g/mol. The monoisotopic (exact) mass is 402 g/mol. The van der Waals surface area contributed by atoms with Gasteiger partial charge in [0.15, 0.2) is 0 Å². The van der Waals surface area contributed by atoms with Crippen molar-refractivity contribution < 1.29 is 18.7 Å². The highest BCUT2D eigenvalue weighted by atomic mass is 19.1. The highest BCUT2D eigenvalue weighted by Crippen LogP contribution is 2.32. The van der Waals surface area contributed by atoms with Crippen LogP contribution in [0.2, 0.25) is 0 Å². The summed E-state index contributed by atoms with van der Waals surface area (Å²) in [4.78, 5) is 27.6. The number of carbonyl (C=O) groups is 2. The summed E-state index contributed by atoms with van der Waals surface area (Å²) >= 11 is 0. The summed E-state index contributed by atoms with van der Waals surface area (Å²) in [5.74, 6) is -0.588. The first-order chi connectivity index (χ1) is 14.6. The van der Waals surface area contributed by atoms with E-state index in [0.29, 0.717) is 28.1 Å². The highest BCUT2D eigenvalue weighted by molar-refractivity contribution is 6.36. The lowest BCUT2D eigenvalue weighted by atomic mass is 10.0. The zero-order valence-electron chi connectivity index (χ0n) is 16.3. The number of benzene rings is 3. The summed E-state index contributed by atoms with van der Waals surface area (Å²) in [6, 6.07) is 21.9. The predicted molar refractivity (Wildman–Crippen MR) is 112 cm³/mol. The molecule has 0 atom stereocenters. The molecule has 1 N–H and O–H groups in total. The second kappa shape index (κ2) is 8.21. The van der Waals surface area contributed by atoms with Crippen LogP contribution < -0.4 is 10.1 Å². The van der Waals surface area contributed by atoms with E-state index in [1.807, 2.05) is 18.2 Å². The maximum absolute atomic E-state index is 13.2. The zero-order valence-corrected chi connectivity index (χ0v) is 16.3. The maximum Gasteiger partial charge on any atom is 0.278 e. The number of hydrogen-bond acceptors (Lipinski definition) is 4. The van der Waals surface area contributed by atoms with Crippen molar-refractivity contribution in [1.82, 2.24) is 4.90 Å². The Kier molecular flexibility index (Phi) is 5.30. The van der Waals surface area contributed by atoms with Gasteiger partial charge in [-0.15, -0.1) is 0 Å². The first kappa shape index (κ1) is 19.4. The normalized spacial score (nSPS) is 13.7. The molecule has 150 valence electrons. The minimum absolute atomic E-state index is 0.0531. The number of methoxy groups -OCH3 is 1. The number of imide groups is 1. The van der Waals surface area contributed by atoms with Gasteiger partial charge in [-0.3, -0.25) is 14.5 Å². The fourth-order valence-corrected chi connectivity index (χ4v) is 3.33. The molecule has 0 aliphatic carbocycles. The van der Waals surface area contributed by atoms with E-state index in [4.69, 9.17) is 4.74 Å². The molecule has 6 heteroatoms. The lowest BCUT2D eigenvalue weighted by molar-refractivity contribution is -0.137. The second-order valence-corrected chi connectivity index (χ2v) is 6.80. The van der Waals surface area contributed by atoms with Crippen LogP contribution in [0.25, 0.3) is 5.57 Å². The standard InChI is InChI=1S/C24H19FN2O3/c1-30-20-9-5-8-19(14-20)26-22-21(17-6-3-2-4-7-17)23(28)27(24(22)29)15-16-10-12-18(25)13-11-16/h2-14,26H,15H2,1H3. The smallest absolute Gasteiger partial charge is 0.278 e. The molecule has 0 spiro atoms. The largest absolute Gasteiger partial charge is 0.497 e. The van der Waals surface area contributed by atoms with Gasteiger partial charge >= 0.3 is 0 Å². The van der Waals surface area contributed by atoms with E-state index >= 15 is 0 Å². The van der Waals surface area contributed by atoms with Crippen LogP contribution in [-0.2, 0) is 16.1 Å². The van der Waals surface area contributed by atoms with Gasteiger partial charge in [0.1, 0.15) is 17.3 Å². The van der Waals surface area contributed by atoms with Crippen LogP contribution in [0.3, 0.4) is 0 Å². The third-order valence-corrected chi connectivity index (χ3v) is 4.82. The molecule has 5 nitrogen and oxygen atoms in total. The van der Waals surface area contributed by atoms with Crippen molar-refractivity contribution in [1.29, 1.82) is 0 Å². The highest BCUT2D eigenvalue weighted by Gasteiger charge is 2.39. The van der Waals surface area contributed by atoms with Gasteiger partial charge < -0.3 is 10.1 Å². The lowest BCUT2D eigenvalue weighted by Gasteiger charge is -2.15.